The lowest BCUT2D eigenvalue weighted by molar-refractivity contribution is -0.124. The van der Waals surface area contributed by atoms with Gasteiger partial charge in [-0.3, -0.25) is 15.0 Å². The predicted molar refractivity (Wildman–Crippen MR) is 102 cm³/mol. The minimum absolute atomic E-state index is 0.203. The lowest BCUT2D eigenvalue weighted by atomic mass is 10.2. The Morgan fingerprint density at radius 3 is 2.65 bits per heavy atom. The van der Waals surface area contributed by atoms with E-state index < -0.39 is 0 Å². The van der Waals surface area contributed by atoms with Crippen LogP contribution in [0.2, 0.25) is 0 Å². The predicted octanol–water partition coefficient (Wildman–Crippen LogP) is 2.85. The summed E-state index contributed by atoms with van der Waals surface area (Å²) in [4.78, 5) is 26.1. The maximum atomic E-state index is 12.2. The maximum absolute atomic E-state index is 12.2. The molecule has 1 fully saturated rings. The number of urea groups is 1. The van der Waals surface area contributed by atoms with Crippen LogP contribution in [0.1, 0.15) is 44.6 Å². The third-order valence-electron chi connectivity index (χ3n) is 4.97. The van der Waals surface area contributed by atoms with Gasteiger partial charge in [0.05, 0.1) is 12.6 Å². The van der Waals surface area contributed by atoms with Gasteiger partial charge >= 0.3 is 6.03 Å². The van der Waals surface area contributed by atoms with E-state index in [1.165, 1.54) is 0 Å². The Bertz CT molecular complexity index is 600. The molecule has 26 heavy (non-hydrogen) atoms. The maximum Gasteiger partial charge on any atom is 0.321 e. The Morgan fingerprint density at radius 2 is 1.96 bits per heavy atom. The Balaban J connectivity index is 1.65. The molecule has 0 saturated heterocycles. The van der Waals surface area contributed by atoms with Gasteiger partial charge in [0.25, 0.3) is 0 Å². The largest absolute Gasteiger partial charge is 0.493 e. The summed E-state index contributed by atoms with van der Waals surface area (Å²) in [6.45, 7) is 5.13. The number of ether oxygens (including phenoxy) is 1. The highest BCUT2D eigenvalue weighted by atomic mass is 16.5. The fraction of sp³-hybridized carbons (Fsp3) is 0.600. The topological polar surface area (TPSA) is 70.7 Å². The van der Waals surface area contributed by atoms with Gasteiger partial charge in [-0.2, -0.15) is 0 Å². The van der Waals surface area contributed by atoms with E-state index in [0.717, 1.165) is 43.4 Å². The Hall–Kier alpha value is -2.08. The Morgan fingerprint density at radius 1 is 1.27 bits per heavy atom. The van der Waals surface area contributed by atoms with E-state index in [0.29, 0.717) is 13.2 Å². The summed E-state index contributed by atoms with van der Waals surface area (Å²) in [6.07, 6.45) is 5.08. The molecule has 1 aromatic rings. The van der Waals surface area contributed by atoms with E-state index in [1.54, 1.807) is 6.92 Å². The number of likely N-dealkylation sites (N-methyl/N-ethyl adjacent to an activating group) is 1. The fourth-order valence-corrected chi connectivity index (χ4v) is 3.12. The zero-order chi connectivity index (χ0) is 18.9. The van der Waals surface area contributed by atoms with Crippen LogP contribution in [-0.2, 0) is 4.79 Å². The van der Waals surface area contributed by atoms with E-state index in [1.807, 2.05) is 43.1 Å². The second kappa shape index (κ2) is 10.2. The molecule has 1 saturated carbocycles. The average molecular weight is 361 g/mol. The normalized spacial score (nSPS) is 15.7. The number of hydrogen-bond donors (Lipinski definition) is 2. The van der Waals surface area contributed by atoms with Crippen LogP contribution in [0.5, 0.6) is 5.75 Å². The number of carbonyl (C=O) groups excluding carboxylic acids is 2. The van der Waals surface area contributed by atoms with Crippen LogP contribution in [0, 0.1) is 6.92 Å². The van der Waals surface area contributed by atoms with Gasteiger partial charge in [-0.05, 0) is 51.8 Å². The van der Waals surface area contributed by atoms with Crippen molar-refractivity contribution in [2.75, 3.05) is 20.2 Å². The molecule has 2 rings (SSSR count). The van der Waals surface area contributed by atoms with Crippen LogP contribution >= 0.6 is 0 Å². The minimum Gasteiger partial charge on any atom is -0.493 e. The van der Waals surface area contributed by atoms with Crippen LogP contribution in [0.3, 0.4) is 0 Å². The molecule has 1 aromatic carbocycles. The molecule has 3 amide bonds. The number of benzene rings is 1. The summed E-state index contributed by atoms with van der Waals surface area (Å²) in [5, 5.41) is 5.32. The van der Waals surface area contributed by atoms with Gasteiger partial charge in [0.1, 0.15) is 5.75 Å². The number of nitrogens with zero attached hydrogens (tertiary/aromatic N) is 1. The van der Waals surface area contributed by atoms with E-state index in [2.05, 4.69) is 10.6 Å². The number of rotatable bonds is 8. The second-order valence-corrected chi connectivity index (χ2v) is 7.07. The van der Waals surface area contributed by atoms with Crippen molar-refractivity contribution in [2.24, 2.45) is 0 Å². The van der Waals surface area contributed by atoms with Crippen molar-refractivity contribution >= 4 is 11.9 Å². The van der Waals surface area contributed by atoms with Crippen molar-refractivity contribution in [3.05, 3.63) is 29.8 Å². The molecule has 6 heteroatoms. The molecule has 0 bridgehead atoms. The van der Waals surface area contributed by atoms with Crippen molar-refractivity contribution in [1.82, 2.24) is 15.5 Å². The molecule has 0 aliphatic heterocycles. The minimum atomic E-state index is -0.384. The lowest BCUT2D eigenvalue weighted by Crippen LogP contribution is -2.50. The van der Waals surface area contributed by atoms with Gasteiger partial charge in [0, 0.05) is 12.6 Å². The van der Waals surface area contributed by atoms with E-state index in [-0.39, 0.29) is 24.0 Å². The quantitative estimate of drug-likeness (QED) is 0.699. The number of carbonyl (C=O) groups is 2. The molecule has 0 heterocycles. The third kappa shape index (κ3) is 6.33. The van der Waals surface area contributed by atoms with Gasteiger partial charge in [0.2, 0.25) is 5.91 Å². The summed E-state index contributed by atoms with van der Waals surface area (Å²) in [5.41, 5.74) is 1.11. The zero-order valence-corrected chi connectivity index (χ0v) is 16.1. The van der Waals surface area contributed by atoms with Gasteiger partial charge in [-0.15, -0.1) is 0 Å². The van der Waals surface area contributed by atoms with E-state index >= 15 is 0 Å². The molecule has 1 aliphatic carbocycles. The Labute approximate surface area is 156 Å². The molecule has 0 spiro atoms. The summed E-state index contributed by atoms with van der Waals surface area (Å²) in [5.74, 6) is 0.618. The molecular weight excluding hydrogens is 330 g/mol. The standard InChI is InChI=1S/C20H31N3O3/c1-15-9-4-7-12-18(15)26-14-8-13-23(3)16(2)19(24)22-20(25)21-17-10-5-6-11-17/h4,7,9,12,16-17H,5-6,8,10-11,13-14H2,1-3H3,(H2,21,22,24,25). The number of nitrogens with one attached hydrogen (secondary N) is 2. The number of para-hydroxylation sites is 1. The Kier molecular flexibility index (Phi) is 7.91. The van der Waals surface area contributed by atoms with Crippen molar-refractivity contribution < 1.29 is 14.3 Å². The number of imide groups is 1. The first-order valence-electron chi connectivity index (χ1n) is 9.47. The SMILES string of the molecule is Cc1ccccc1OCCCN(C)C(C)C(=O)NC(=O)NC1CCCC1. The third-order valence-corrected chi connectivity index (χ3v) is 4.97. The molecule has 1 aliphatic rings. The highest BCUT2D eigenvalue weighted by Crippen LogP contribution is 2.17. The molecule has 6 nitrogen and oxygen atoms in total. The zero-order valence-electron chi connectivity index (χ0n) is 16.1. The van der Waals surface area contributed by atoms with Crippen LogP contribution in [-0.4, -0.2) is 49.1 Å². The summed E-state index contributed by atoms with van der Waals surface area (Å²) in [6, 6.07) is 7.36. The van der Waals surface area contributed by atoms with Crippen LogP contribution in [0.15, 0.2) is 24.3 Å². The molecule has 0 aromatic heterocycles. The monoisotopic (exact) mass is 361 g/mol. The fourth-order valence-electron chi connectivity index (χ4n) is 3.12. The molecule has 2 N–H and O–H groups in total. The smallest absolute Gasteiger partial charge is 0.321 e. The molecule has 1 unspecified atom stereocenters. The number of hydrogen-bond acceptors (Lipinski definition) is 4. The van der Waals surface area contributed by atoms with Crippen LogP contribution < -0.4 is 15.4 Å². The first-order valence-corrected chi connectivity index (χ1v) is 9.47. The first-order chi connectivity index (χ1) is 12.5. The van der Waals surface area contributed by atoms with E-state index in [4.69, 9.17) is 4.74 Å². The first kappa shape index (κ1) is 20.2. The highest BCUT2D eigenvalue weighted by molar-refractivity contribution is 5.96. The lowest BCUT2D eigenvalue weighted by Gasteiger charge is -2.24. The van der Waals surface area contributed by atoms with Gasteiger partial charge in [-0.25, -0.2) is 4.79 Å². The van der Waals surface area contributed by atoms with Crippen molar-refractivity contribution in [1.29, 1.82) is 0 Å². The van der Waals surface area contributed by atoms with Crippen LogP contribution in [0.4, 0.5) is 4.79 Å². The summed E-state index contributed by atoms with van der Waals surface area (Å²) < 4.78 is 5.77. The highest BCUT2D eigenvalue weighted by Gasteiger charge is 2.22. The average Bonchev–Trinajstić information content (AvgIpc) is 3.11. The number of aryl methyl sites for hydroxylation is 1. The van der Waals surface area contributed by atoms with Crippen molar-refractivity contribution in [3.8, 4) is 5.75 Å². The second-order valence-electron chi connectivity index (χ2n) is 7.07. The molecule has 0 radical (unpaired) electrons. The number of amides is 3. The van der Waals surface area contributed by atoms with Crippen LogP contribution in [0.25, 0.3) is 0 Å². The molecule has 144 valence electrons. The van der Waals surface area contributed by atoms with Gasteiger partial charge in [0.15, 0.2) is 0 Å². The summed E-state index contributed by atoms with van der Waals surface area (Å²) >= 11 is 0. The van der Waals surface area contributed by atoms with Gasteiger partial charge < -0.3 is 10.1 Å². The van der Waals surface area contributed by atoms with Crippen molar-refractivity contribution in [2.45, 2.75) is 58.0 Å². The molecule has 1 atom stereocenters. The van der Waals surface area contributed by atoms with E-state index in [9.17, 15) is 9.59 Å². The summed E-state index contributed by atoms with van der Waals surface area (Å²) in [7, 11) is 1.88. The molecular formula is C20H31N3O3. The van der Waals surface area contributed by atoms with Gasteiger partial charge in [-0.1, -0.05) is 31.0 Å². The van der Waals surface area contributed by atoms with Crippen molar-refractivity contribution in [3.63, 3.8) is 0 Å².